The number of hydrogen-bond acceptors (Lipinski definition) is 6. The number of nitrogens with zero attached hydrogens (tertiary/aromatic N) is 6. The molecule has 0 unspecified atom stereocenters. The van der Waals surface area contributed by atoms with Crippen molar-refractivity contribution in [3.8, 4) is 5.69 Å². The van der Waals surface area contributed by atoms with E-state index in [0.29, 0.717) is 33.2 Å². The second kappa shape index (κ2) is 7.50. The van der Waals surface area contributed by atoms with Gasteiger partial charge in [0, 0.05) is 6.54 Å². The summed E-state index contributed by atoms with van der Waals surface area (Å²) in [5.41, 5.74) is 2.52. The monoisotopic (exact) mass is 503 g/mol. The number of aromatic amines is 1. The van der Waals surface area contributed by atoms with Gasteiger partial charge in [-0.25, -0.2) is 9.97 Å². The van der Waals surface area contributed by atoms with Crippen LogP contribution in [-0.2, 0) is 0 Å². The summed E-state index contributed by atoms with van der Waals surface area (Å²) in [4.78, 5) is 37.5. The SMILES string of the molecule is O=c1c2c(Cl)cccc2nc([C@@H]2CC3(CC3)CN2c2nc(Cl)nc3nc[nH]c23)n1-c1ccccc1. The standard InChI is InChI=1S/C25H19Cl2N7O/c26-15-7-4-8-16-18(15)23(35)34(14-5-2-1-3-6-14)21(30-16)17-11-25(9-10-25)12-33(17)22-19-20(29-13-28-19)31-24(27)32-22/h1-8,13,17H,9-12H2,(H,28,29,31,32)/t17-/m0/s1. The van der Waals surface area contributed by atoms with Crippen molar-refractivity contribution >= 4 is 51.1 Å². The van der Waals surface area contributed by atoms with Gasteiger partial charge in [-0.1, -0.05) is 35.9 Å². The molecule has 1 saturated carbocycles. The molecule has 35 heavy (non-hydrogen) atoms. The fourth-order valence-electron chi connectivity index (χ4n) is 5.31. The highest BCUT2D eigenvalue weighted by Crippen LogP contribution is 2.59. The molecule has 7 rings (SSSR count). The molecule has 174 valence electrons. The third-order valence-corrected chi connectivity index (χ3v) is 7.65. The quantitative estimate of drug-likeness (QED) is 0.344. The molecule has 2 aromatic carbocycles. The summed E-state index contributed by atoms with van der Waals surface area (Å²) >= 11 is 12.8. The number of nitrogens with one attached hydrogen (secondary N) is 1. The van der Waals surface area contributed by atoms with E-state index in [1.165, 1.54) is 0 Å². The Balaban J connectivity index is 1.51. The number of imidazole rings is 1. The second-order valence-corrected chi connectivity index (χ2v) is 10.1. The topological polar surface area (TPSA) is 92.6 Å². The Hall–Kier alpha value is -3.49. The highest BCUT2D eigenvalue weighted by molar-refractivity contribution is 6.35. The summed E-state index contributed by atoms with van der Waals surface area (Å²) < 4.78 is 1.69. The van der Waals surface area contributed by atoms with Crippen molar-refractivity contribution in [2.45, 2.75) is 25.3 Å². The first-order chi connectivity index (χ1) is 17.0. The van der Waals surface area contributed by atoms with Crippen molar-refractivity contribution in [3.05, 3.63) is 81.3 Å². The molecule has 10 heteroatoms. The first-order valence-corrected chi connectivity index (χ1v) is 12.2. The Morgan fingerprint density at radius 3 is 2.63 bits per heavy atom. The second-order valence-electron chi connectivity index (χ2n) is 9.35. The zero-order chi connectivity index (χ0) is 23.7. The number of H-pyrrole nitrogens is 1. The summed E-state index contributed by atoms with van der Waals surface area (Å²) in [5, 5.41) is 0.933. The van der Waals surface area contributed by atoms with Crippen LogP contribution in [0.2, 0.25) is 10.3 Å². The first-order valence-electron chi connectivity index (χ1n) is 11.4. The normalized spacial score (nSPS) is 18.7. The maximum Gasteiger partial charge on any atom is 0.267 e. The molecule has 5 aromatic rings. The van der Waals surface area contributed by atoms with Crippen molar-refractivity contribution in [1.82, 2.24) is 29.5 Å². The predicted octanol–water partition coefficient (Wildman–Crippen LogP) is 5.09. The molecule has 8 nitrogen and oxygen atoms in total. The summed E-state index contributed by atoms with van der Waals surface area (Å²) in [6.07, 6.45) is 4.70. The molecule has 1 atom stereocenters. The first kappa shape index (κ1) is 20.8. The smallest absolute Gasteiger partial charge is 0.267 e. The Kier molecular flexibility index (Phi) is 4.47. The van der Waals surface area contributed by atoms with Crippen LogP contribution < -0.4 is 10.5 Å². The van der Waals surface area contributed by atoms with Crippen LogP contribution in [0.1, 0.15) is 31.1 Å². The number of fused-ring (bicyclic) bond motifs is 2. The highest BCUT2D eigenvalue weighted by atomic mass is 35.5. The highest BCUT2D eigenvalue weighted by Gasteiger charge is 2.54. The fourth-order valence-corrected chi connectivity index (χ4v) is 5.72. The molecule has 0 radical (unpaired) electrons. The van der Waals surface area contributed by atoms with E-state index in [1.54, 1.807) is 17.0 Å². The molecule has 0 bridgehead atoms. The van der Waals surface area contributed by atoms with Crippen molar-refractivity contribution in [1.29, 1.82) is 0 Å². The zero-order valence-corrected chi connectivity index (χ0v) is 20.0. The molecule has 1 N–H and O–H groups in total. The van der Waals surface area contributed by atoms with Crippen LogP contribution in [0.3, 0.4) is 0 Å². The zero-order valence-electron chi connectivity index (χ0n) is 18.4. The molecule has 2 aliphatic rings. The van der Waals surface area contributed by atoms with Crippen LogP contribution in [0.5, 0.6) is 0 Å². The fraction of sp³-hybridized carbons (Fsp3) is 0.240. The number of aromatic nitrogens is 6. The molecule has 1 spiro atoms. The largest absolute Gasteiger partial charge is 0.344 e. The number of hydrogen-bond donors (Lipinski definition) is 1. The van der Waals surface area contributed by atoms with E-state index >= 15 is 0 Å². The number of anilines is 1. The van der Waals surface area contributed by atoms with Crippen LogP contribution in [0.15, 0.2) is 59.7 Å². The predicted molar refractivity (Wildman–Crippen MR) is 135 cm³/mol. The molecule has 3 aromatic heterocycles. The van der Waals surface area contributed by atoms with Gasteiger partial charge < -0.3 is 9.88 Å². The van der Waals surface area contributed by atoms with Crippen molar-refractivity contribution in [2.24, 2.45) is 5.41 Å². The summed E-state index contributed by atoms with van der Waals surface area (Å²) in [5.74, 6) is 1.33. The molecule has 4 heterocycles. The lowest BCUT2D eigenvalue weighted by atomic mass is 10.0. The summed E-state index contributed by atoms with van der Waals surface area (Å²) in [6.45, 7) is 0.789. The lowest BCUT2D eigenvalue weighted by Gasteiger charge is -2.28. The lowest BCUT2D eigenvalue weighted by Crippen LogP contribution is -2.32. The van der Waals surface area contributed by atoms with E-state index < -0.39 is 0 Å². The van der Waals surface area contributed by atoms with Crippen molar-refractivity contribution in [2.75, 3.05) is 11.4 Å². The number of rotatable bonds is 3. The van der Waals surface area contributed by atoms with Gasteiger partial charge in [-0.15, -0.1) is 0 Å². The third-order valence-electron chi connectivity index (χ3n) is 7.16. The van der Waals surface area contributed by atoms with E-state index in [0.717, 1.165) is 37.0 Å². The molecule has 1 saturated heterocycles. The molecule has 1 aliphatic heterocycles. The number of para-hydroxylation sites is 1. The maximum absolute atomic E-state index is 13.9. The summed E-state index contributed by atoms with van der Waals surface area (Å²) in [6, 6.07) is 14.8. The van der Waals surface area contributed by atoms with E-state index in [2.05, 4.69) is 24.8 Å². The van der Waals surface area contributed by atoms with Gasteiger partial charge >= 0.3 is 0 Å². The van der Waals surface area contributed by atoms with Gasteiger partial charge in [-0.3, -0.25) is 9.36 Å². The Labute approximate surface area is 209 Å². The maximum atomic E-state index is 13.9. The molecular weight excluding hydrogens is 485 g/mol. The minimum atomic E-state index is -0.203. The van der Waals surface area contributed by atoms with Crippen LogP contribution in [0.4, 0.5) is 5.82 Å². The van der Waals surface area contributed by atoms with Crippen LogP contribution in [-0.4, -0.2) is 36.0 Å². The van der Waals surface area contributed by atoms with Gasteiger partial charge in [0.1, 0.15) is 11.3 Å². The molecule has 2 fully saturated rings. The number of benzene rings is 2. The molecular formula is C25H19Cl2N7O. The van der Waals surface area contributed by atoms with Gasteiger partial charge in [0.05, 0.1) is 34.0 Å². The summed E-state index contributed by atoms with van der Waals surface area (Å²) in [7, 11) is 0. The van der Waals surface area contributed by atoms with Crippen LogP contribution in [0, 0.1) is 5.41 Å². The number of halogens is 2. The van der Waals surface area contributed by atoms with Crippen molar-refractivity contribution in [3.63, 3.8) is 0 Å². The van der Waals surface area contributed by atoms with Gasteiger partial charge in [-0.05, 0) is 60.5 Å². The minimum absolute atomic E-state index is 0.133. The minimum Gasteiger partial charge on any atom is -0.344 e. The van der Waals surface area contributed by atoms with Gasteiger partial charge in [0.2, 0.25) is 5.28 Å². The van der Waals surface area contributed by atoms with E-state index in [4.69, 9.17) is 28.2 Å². The lowest BCUT2D eigenvalue weighted by molar-refractivity contribution is 0.536. The van der Waals surface area contributed by atoms with Gasteiger partial charge in [0.25, 0.3) is 5.56 Å². The van der Waals surface area contributed by atoms with Crippen molar-refractivity contribution < 1.29 is 0 Å². The van der Waals surface area contributed by atoms with Gasteiger partial charge in [-0.2, -0.15) is 9.97 Å². The Morgan fingerprint density at radius 1 is 1.00 bits per heavy atom. The van der Waals surface area contributed by atoms with Gasteiger partial charge in [0.15, 0.2) is 11.5 Å². The third kappa shape index (κ3) is 3.24. The Morgan fingerprint density at radius 2 is 1.83 bits per heavy atom. The molecule has 1 aliphatic carbocycles. The Bertz CT molecular complexity index is 1680. The molecule has 0 amide bonds. The van der Waals surface area contributed by atoms with E-state index in [1.807, 2.05) is 42.5 Å². The van der Waals surface area contributed by atoms with E-state index in [-0.39, 0.29) is 22.3 Å². The van der Waals surface area contributed by atoms with E-state index in [9.17, 15) is 4.79 Å². The van der Waals surface area contributed by atoms with Crippen LogP contribution in [0.25, 0.3) is 27.8 Å². The average molecular weight is 504 g/mol. The average Bonchev–Trinajstić information content (AvgIpc) is 3.26. The van der Waals surface area contributed by atoms with Crippen LogP contribution >= 0.6 is 23.2 Å².